The summed E-state index contributed by atoms with van der Waals surface area (Å²) in [7, 11) is 0. The Morgan fingerprint density at radius 1 is 1.00 bits per heavy atom. The number of nitrogens with zero attached hydrogens (tertiary/aromatic N) is 1. The molecule has 1 aliphatic heterocycles. The van der Waals surface area contributed by atoms with Crippen molar-refractivity contribution in [2.75, 3.05) is 13.1 Å². The zero-order chi connectivity index (χ0) is 23.0. The van der Waals surface area contributed by atoms with Gasteiger partial charge in [-0.05, 0) is 66.9 Å². The maximum Gasteiger partial charge on any atom is 0.251 e. The monoisotopic (exact) mass is 448 g/mol. The lowest BCUT2D eigenvalue weighted by molar-refractivity contribution is 0.0798. The second-order valence-corrected chi connectivity index (χ2v) is 8.45. The Bertz CT molecular complexity index is 1030. The van der Waals surface area contributed by atoms with Crippen molar-refractivity contribution >= 4 is 5.91 Å². The number of aliphatic hydroxyl groups excluding tert-OH is 1. The summed E-state index contributed by atoms with van der Waals surface area (Å²) < 4.78 is 19.0. The number of hydrogen-bond acceptors (Lipinski definition) is 4. The lowest BCUT2D eigenvalue weighted by Crippen LogP contribution is -2.48. The molecule has 0 saturated carbocycles. The summed E-state index contributed by atoms with van der Waals surface area (Å²) in [6.45, 7) is 2.45. The van der Waals surface area contributed by atoms with E-state index in [2.05, 4.69) is 10.2 Å². The normalized spacial score (nSPS) is 19.0. The van der Waals surface area contributed by atoms with Crippen LogP contribution in [0.2, 0.25) is 0 Å². The van der Waals surface area contributed by atoms with Gasteiger partial charge in [-0.15, -0.1) is 0 Å². The van der Waals surface area contributed by atoms with Crippen LogP contribution in [-0.2, 0) is 13.2 Å². The summed E-state index contributed by atoms with van der Waals surface area (Å²) >= 11 is 0. The van der Waals surface area contributed by atoms with Crippen molar-refractivity contribution in [3.05, 3.63) is 101 Å². The van der Waals surface area contributed by atoms with E-state index in [1.54, 1.807) is 36.4 Å². The van der Waals surface area contributed by atoms with Gasteiger partial charge in [-0.2, -0.15) is 0 Å². The highest BCUT2D eigenvalue weighted by Gasteiger charge is 2.27. The third kappa shape index (κ3) is 6.63. The molecule has 2 N–H and O–H groups in total. The number of halogens is 1. The second kappa shape index (κ2) is 11.1. The van der Waals surface area contributed by atoms with Crippen LogP contribution < -0.4 is 10.1 Å². The quantitative estimate of drug-likeness (QED) is 0.570. The number of carbonyl (C=O) groups is 1. The second-order valence-electron chi connectivity index (χ2n) is 8.45. The smallest absolute Gasteiger partial charge is 0.251 e. The molecule has 3 aromatic carbocycles. The first-order chi connectivity index (χ1) is 16.1. The summed E-state index contributed by atoms with van der Waals surface area (Å²) in [5.74, 6) is 0.208. The molecule has 1 amide bonds. The SMILES string of the molecule is O=C(N[C@@H]1CN(Cc2ccc(F)cc2)CCC[C@H]1O)c1ccc(OCc2ccccc2)cc1. The molecule has 0 radical (unpaired) electrons. The first-order valence-electron chi connectivity index (χ1n) is 11.3. The molecule has 4 rings (SSSR count). The standard InChI is InChI=1S/C27H29FN2O3/c28-23-12-8-20(9-13-23)17-30-16-4-7-26(31)25(18-30)29-27(32)22-10-14-24(15-11-22)33-19-21-5-2-1-3-6-21/h1-3,5-6,8-15,25-26,31H,4,7,16-19H2,(H,29,32)/t25-,26-/m1/s1. The first-order valence-corrected chi connectivity index (χ1v) is 11.3. The summed E-state index contributed by atoms with van der Waals surface area (Å²) in [5.41, 5.74) is 2.60. The average molecular weight is 449 g/mol. The maximum atomic E-state index is 13.2. The molecule has 172 valence electrons. The van der Waals surface area contributed by atoms with Gasteiger partial charge in [0.1, 0.15) is 18.2 Å². The van der Waals surface area contributed by atoms with Crippen LogP contribution in [0.4, 0.5) is 4.39 Å². The molecule has 1 saturated heterocycles. The number of ether oxygens (including phenoxy) is 1. The molecule has 0 aliphatic carbocycles. The Hall–Kier alpha value is -3.22. The van der Waals surface area contributed by atoms with Gasteiger partial charge < -0.3 is 15.2 Å². The molecule has 0 spiro atoms. The fourth-order valence-electron chi connectivity index (χ4n) is 4.04. The highest BCUT2D eigenvalue weighted by molar-refractivity contribution is 5.94. The maximum absolute atomic E-state index is 13.2. The molecular formula is C27H29FN2O3. The van der Waals surface area contributed by atoms with Crippen molar-refractivity contribution in [2.24, 2.45) is 0 Å². The molecule has 2 atom stereocenters. The number of nitrogens with one attached hydrogen (secondary N) is 1. The van der Waals surface area contributed by atoms with Gasteiger partial charge >= 0.3 is 0 Å². The van der Waals surface area contributed by atoms with E-state index in [0.29, 0.717) is 37.4 Å². The van der Waals surface area contributed by atoms with Crippen LogP contribution in [0.25, 0.3) is 0 Å². The summed E-state index contributed by atoms with van der Waals surface area (Å²) in [6, 6.07) is 23.0. The number of carbonyl (C=O) groups excluding carboxylic acids is 1. The molecule has 33 heavy (non-hydrogen) atoms. The number of aliphatic hydroxyl groups is 1. The first kappa shape index (κ1) is 23.0. The van der Waals surface area contributed by atoms with E-state index in [4.69, 9.17) is 4.74 Å². The zero-order valence-corrected chi connectivity index (χ0v) is 18.5. The minimum absolute atomic E-state index is 0.225. The molecule has 6 heteroatoms. The summed E-state index contributed by atoms with van der Waals surface area (Å²) in [5, 5.41) is 13.6. The van der Waals surface area contributed by atoms with Gasteiger partial charge in [0.25, 0.3) is 5.91 Å². The Balaban J connectivity index is 1.33. The van der Waals surface area contributed by atoms with Gasteiger partial charge in [0.2, 0.25) is 0 Å². The van der Waals surface area contributed by atoms with Gasteiger partial charge in [-0.3, -0.25) is 9.69 Å². The zero-order valence-electron chi connectivity index (χ0n) is 18.5. The molecule has 1 heterocycles. The van der Waals surface area contributed by atoms with Gasteiger partial charge in [0.05, 0.1) is 12.1 Å². The lowest BCUT2D eigenvalue weighted by atomic mass is 10.1. The molecule has 0 unspecified atom stereocenters. The van der Waals surface area contributed by atoms with E-state index >= 15 is 0 Å². The average Bonchev–Trinajstić information content (AvgIpc) is 3.01. The van der Waals surface area contributed by atoms with Gasteiger partial charge in [-0.1, -0.05) is 42.5 Å². The number of hydrogen-bond donors (Lipinski definition) is 2. The van der Waals surface area contributed by atoms with E-state index in [-0.39, 0.29) is 17.8 Å². The number of benzene rings is 3. The van der Waals surface area contributed by atoms with E-state index in [0.717, 1.165) is 24.1 Å². The van der Waals surface area contributed by atoms with Crippen LogP contribution >= 0.6 is 0 Å². The Morgan fingerprint density at radius 2 is 1.73 bits per heavy atom. The van der Waals surface area contributed by atoms with Crippen molar-refractivity contribution in [3.8, 4) is 5.75 Å². The van der Waals surface area contributed by atoms with Crippen LogP contribution in [-0.4, -0.2) is 41.1 Å². The van der Waals surface area contributed by atoms with Gasteiger partial charge in [-0.25, -0.2) is 4.39 Å². The third-order valence-electron chi connectivity index (χ3n) is 5.89. The van der Waals surface area contributed by atoms with Crippen LogP contribution in [0.5, 0.6) is 5.75 Å². The van der Waals surface area contributed by atoms with Gasteiger partial charge in [0, 0.05) is 18.7 Å². The van der Waals surface area contributed by atoms with E-state index < -0.39 is 6.10 Å². The number of rotatable bonds is 7. The lowest BCUT2D eigenvalue weighted by Gasteiger charge is -2.27. The summed E-state index contributed by atoms with van der Waals surface area (Å²) in [6.07, 6.45) is 0.847. The molecule has 0 aromatic heterocycles. The Morgan fingerprint density at radius 3 is 2.45 bits per heavy atom. The van der Waals surface area contributed by atoms with Crippen molar-refractivity contribution in [2.45, 2.75) is 38.1 Å². The topological polar surface area (TPSA) is 61.8 Å². The van der Waals surface area contributed by atoms with Crippen LogP contribution in [0.3, 0.4) is 0 Å². The predicted octanol–water partition coefficient (Wildman–Crippen LogP) is 4.16. The van der Waals surface area contributed by atoms with Crippen LogP contribution in [0.15, 0.2) is 78.9 Å². The summed E-state index contributed by atoms with van der Waals surface area (Å²) in [4.78, 5) is 15.0. The van der Waals surface area contributed by atoms with Crippen LogP contribution in [0, 0.1) is 5.82 Å². The van der Waals surface area contributed by atoms with E-state index in [9.17, 15) is 14.3 Å². The minimum Gasteiger partial charge on any atom is -0.489 e. The Labute approximate surface area is 193 Å². The third-order valence-corrected chi connectivity index (χ3v) is 5.89. The molecule has 1 aliphatic rings. The van der Waals surface area contributed by atoms with E-state index in [1.165, 1.54) is 12.1 Å². The van der Waals surface area contributed by atoms with Gasteiger partial charge in [0.15, 0.2) is 0 Å². The predicted molar refractivity (Wildman–Crippen MR) is 125 cm³/mol. The minimum atomic E-state index is -0.611. The molecule has 5 nitrogen and oxygen atoms in total. The molecule has 1 fully saturated rings. The van der Waals surface area contributed by atoms with Crippen molar-refractivity contribution in [1.29, 1.82) is 0 Å². The number of amides is 1. The molecule has 3 aromatic rings. The Kier molecular flexibility index (Phi) is 7.70. The van der Waals surface area contributed by atoms with Crippen molar-refractivity contribution < 1.29 is 19.0 Å². The fraction of sp³-hybridized carbons (Fsp3) is 0.296. The highest BCUT2D eigenvalue weighted by atomic mass is 19.1. The highest BCUT2D eigenvalue weighted by Crippen LogP contribution is 2.17. The molecule has 0 bridgehead atoms. The van der Waals surface area contributed by atoms with E-state index in [1.807, 2.05) is 30.3 Å². The number of likely N-dealkylation sites (tertiary alicyclic amines) is 1. The molecular weight excluding hydrogens is 419 g/mol. The largest absolute Gasteiger partial charge is 0.489 e. The fourth-order valence-corrected chi connectivity index (χ4v) is 4.04. The van der Waals surface area contributed by atoms with Crippen molar-refractivity contribution in [1.82, 2.24) is 10.2 Å². The van der Waals surface area contributed by atoms with Crippen LogP contribution in [0.1, 0.15) is 34.3 Å². The van der Waals surface area contributed by atoms with Crippen molar-refractivity contribution in [3.63, 3.8) is 0 Å².